The number of rotatable bonds is 6. The Morgan fingerprint density at radius 1 is 1.56 bits per heavy atom. The van der Waals surface area contributed by atoms with Crippen molar-refractivity contribution in [2.24, 2.45) is 7.05 Å². The molecule has 0 aromatic carbocycles. The number of carbonyl (C=O) groups is 1. The third-order valence-electron chi connectivity index (χ3n) is 3.44. The van der Waals surface area contributed by atoms with E-state index in [9.17, 15) is 4.79 Å². The minimum atomic E-state index is 0.0900. The molecular formula is C14H23N3O. The van der Waals surface area contributed by atoms with Gasteiger partial charge in [-0.05, 0) is 31.4 Å². The number of hydrogen-bond acceptors (Lipinski definition) is 1. The van der Waals surface area contributed by atoms with Gasteiger partial charge in [-0.15, -0.1) is 0 Å². The van der Waals surface area contributed by atoms with Crippen molar-refractivity contribution in [2.75, 3.05) is 6.54 Å². The van der Waals surface area contributed by atoms with Gasteiger partial charge in [0.15, 0.2) is 0 Å². The van der Waals surface area contributed by atoms with Crippen LogP contribution in [0, 0.1) is 0 Å². The van der Waals surface area contributed by atoms with E-state index in [-0.39, 0.29) is 6.03 Å². The largest absolute Gasteiger partial charge is 0.353 e. The van der Waals surface area contributed by atoms with Crippen molar-refractivity contribution >= 4 is 6.03 Å². The molecule has 0 radical (unpaired) electrons. The van der Waals surface area contributed by atoms with Gasteiger partial charge in [-0.1, -0.05) is 13.3 Å². The first-order valence-corrected chi connectivity index (χ1v) is 6.87. The van der Waals surface area contributed by atoms with E-state index in [2.05, 4.69) is 22.9 Å². The molecule has 2 rings (SSSR count). The molecule has 2 amide bonds. The molecule has 1 heterocycles. The van der Waals surface area contributed by atoms with Crippen LogP contribution in [-0.2, 0) is 13.6 Å². The van der Waals surface area contributed by atoms with E-state index < -0.39 is 0 Å². The first kappa shape index (κ1) is 13.0. The first-order chi connectivity index (χ1) is 8.72. The number of aromatic nitrogens is 1. The molecule has 4 heteroatoms. The van der Waals surface area contributed by atoms with Gasteiger partial charge in [0.05, 0.1) is 6.54 Å². The normalized spacial score (nSPS) is 14.6. The maximum Gasteiger partial charge on any atom is 0.318 e. The summed E-state index contributed by atoms with van der Waals surface area (Å²) in [6.07, 6.45) is 6.47. The molecule has 18 heavy (non-hydrogen) atoms. The van der Waals surface area contributed by atoms with Crippen LogP contribution in [0.3, 0.4) is 0 Å². The number of carbonyl (C=O) groups excluding carboxylic acids is 1. The molecule has 0 unspecified atom stereocenters. The fourth-order valence-electron chi connectivity index (χ4n) is 2.06. The lowest BCUT2D eigenvalue weighted by Gasteiger charge is -2.23. The van der Waals surface area contributed by atoms with E-state index in [1.165, 1.54) is 5.69 Å². The molecule has 1 saturated carbocycles. The SMILES string of the molecule is CCCCNC(=O)N(Cc1cccn1C)C1CC1. The fourth-order valence-corrected chi connectivity index (χ4v) is 2.06. The molecule has 1 aromatic rings. The zero-order chi connectivity index (χ0) is 13.0. The molecule has 0 atom stereocenters. The summed E-state index contributed by atoms with van der Waals surface area (Å²) >= 11 is 0. The smallest absolute Gasteiger partial charge is 0.318 e. The zero-order valence-corrected chi connectivity index (χ0v) is 11.4. The lowest BCUT2D eigenvalue weighted by atomic mass is 10.3. The Labute approximate surface area is 109 Å². The minimum Gasteiger partial charge on any atom is -0.353 e. The number of nitrogens with one attached hydrogen (secondary N) is 1. The summed E-state index contributed by atoms with van der Waals surface area (Å²) in [7, 11) is 2.02. The Balaban J connectivity index is 1.91. The van der Waals surface area contributed by atoms with Crippen LogP contribution in [0.25, 0.3) is 0 Å². The van der Waals surface area contributed by atoms with Crippen molar-refractivity contribution < 1.29 is 4.79 Å². The number of hydrogen-bond donors (Lipinski definition) is 1. The maximum absolute atomic E-state index is 12.1. The molecule has 100 valence electrons. The summed E-state index contributed by atoms with van der Waals surface area (Å²) in [6.45, 7) is 3.63. The van der Waals surface area contributed by atoms with Crippen LogP contribution in [0.15, 0.2) is 18.3 Å². The van der Waals surface area contributed by atoms with Crippen molar-refractivity contribution in [3.05, 3.63) is 24.0 Å². The van der Waals surface area contributed by atoms with Gasteiger partial charge >= 0.3 is 6.03 Å². The fraction of sp³-hybridized carbons (Fsp3) is 0.643. The molecule has 1 aliphatic carbocycles. The summed E-state index contributed by atoms with van der Waals surface area (Å²) in [4.78, 5) is 14.1. The molecule has 1 N–H and O–H groups in total. The van der Waals surface area contributed by atoms with Gasteiger partial charge < -0.3 is 14.8 Å². The standard InChI is InChI=1S/C14H23N3O/c1-3-4-9-15-14(18)17(12-7-8-12)11-13-6-5-10-16(13)2/h5-6,10,12H,3-4,7-9,11H2,1-2H3,(H,15,18). The Hall–Kier alpha value is -1.45. The van der Waals surface area contributed by atoms with E-state index in [0.717, 1.165) is 32.2 Å². The highest BCUT2D eigenvalue weighted by molar-refractivity contribution is 5.74. The minimum absolute atomic E-state index is 0.0900. The summed E-state index contributed by atoms with van der Waals surface area (Å²) in [5.74, 6) is 0. The van der Waals surface area contributed by atoms with Crippen molar-refractivity contribution in [1.82, 2.24) is 14.8 Å². The van der Waals surface area contributed by atoms with E-state index in [1.54, 1.807) is 0 Å². The van der Waals surface area contributed by atoms with E-state index in [0.29, 0.717) is 12.6 Å². The summed E-state index contributed by atoms with van der Waals surface area (Å²) in [5.41, 5.74) is 1.19. The maximum atomic E-state index is 12.1. The van der Waals surface area contributed by atoms with Crippen LogP contribution in [0.4, 0.5) is 4.79 Å². The van der Waals surface area contributed by atoms with Crippen LogP contribution >= 0.6 is 0 Å². The van der Waals surface area contributed by atoms with E-state index in [4.69, 9.17) is 0 Å². The van der Waals surface area contributed by atoms with Crippen LogP contribution in [-0.4, -0.2) is 28.1 Å². The molecule has 0 saturated heterocycles. The third kappa shape index (κ3) is 3.28. The number of amides is 2. The number of urea groups is 1. The van der Waals surface area contributed by atoms with E-state index in [1.807, 2.05) is 24.2 Å². The van der Waals surface area contributed by atoms with Crippen LogP contribution in [0.5, 0.6) is 0 Å². The Morgan fingerprint density at radius 2 is 2.33 bits per heavy atom. The Bertz CT molecular complexity index is 395. The van der Waals surface area contributed by atoms with Crippen LogP contribution in [0.2, 0.25) is 0 Å². The van der Waals surface area contributed by atoms with Crippen molar-refractivity contribution in [1.29, 1.82) is 0 Å². The highest BCUT2D eigenvalue weighted by atomic mass is 16.2. The lowest BCUT2D eigenvalue weighted by Crippen LogP contribution is -2.41. The molecule has 0 aliphatic heterocycles. The van der Waals surface area contributed by atoms with Gasteiger partial charge in [0, 0.05) is 31.5 Å². The average molecular weight is 249 g/mol. The van der Waals surface area contributed by atoms with Gasteiger partial charge in [-0.2, -0.15) is 0 Å². The molecule has 4 nitrogen and oxygen atoms in total. The van der Waals surface area contributed by atoms with Crippen molar-refractivity contribution in [3.63, 3.8) is 0 Å². The highest BCUT2D eigenvalue weighted by Crippen LogP contribution is 2.28. The molecule has 1 aromatic heterocycles. The second-order valence-electron chi connectivity index (χ2n) is 5.05. The van der Waals surface area contributed by atoms with Gasteiger partial charge in [-0.25, -0.2) is 4.79 Å². The third-order valence-corrected chi connectivity index (χ3v) is 3.44. The monoisotopic (exact) mass is 249 g/mol. The predicted octanol–water partition coefficient (Wildman–Crippen LogP) is 2.50. The molecule has 1 aliphatic rings. The molecule has 1 fully saturated rings. The lowest BCUT2D eigenvalue weighted by molar-refractivity contribution is 0.190. The second kappa shape index (κ2) is 5.94. The van der Waals surface area contributed by atoms with E-state index >= 15 is 0 Å². The van der Waals surface area contributed by atoms with Crippen molar-refractivity contribution in [3.8, 4) is 0 Å². The first-order valence-electron chi connectivity index (χ1n) is 6.87. The van der Waals surface area contributed by atoms with Gasteiger partial charge in [0.1, 0.15) is 0 Å². The highest BCUT2D eigenvalue weighted by Gasteiger charge is 2.32. The molecule has 0 spiro atoms. The van der Waals surface area contributed by atoms with Gasteiger partial charge in [0.2, 0.25) is 0 Å². The quantitative estimate of drug-likeness (QED) is 0.773. The Morgan fingerprint density at radius 3 is 2.89 bits per heavy atom. The topological polar surface area (TPSA) is 37.3 Å². The summed E-state index contributed by atoms with van der Waals surface area (Å²) in [5, 5.41) is 3.01. The summed E-state index contributed by atoms with van der Waals surface area (Å²) < 4.78 is 2.08. The zero-order valence-electron chi connectivity index (χ0n) is 11.4. The van der Waals surface area contributed by atoms with Gasteiger partial charge in [0.25, 0.3) is 0 Å². The second-order valence-corrected chi connectivity index (χ2v) is 5.05. The molecular weight excluding hydrogens is 226 g/mol. The number of nitrogens with zero attached hydrogens (tertiary/aromatic N) is 2. The predicted molar refractivity (Wildman–Crippen MR) is 72.3 cm³/mol. The summed E-state index contributed by atoms with van der Waals surface area (Å²) in [6, 6.07) is 4.64. The number of unbranched alkanes of at least 4 members (excludes halogenated alkanes) is 1. The Kier molecular flexibility index (Phi) is 4.28. The average Bonchev–Trinajstić information content (AvgIpc) is 3.11. The van der Waals surface area contributed by atoms with Gasteiger partial charge in [-0.3, -0.25) is 0 Å². The number of aryl methyl sites for hydroxylation is 1. The van der Waals surface area contributed by atoms with Crippen LogP contribution in [0.1, 0.15) is 38.3 Å². The molecule has 0 bridgehead atoms. The van der Waals surface area contributed by atoms with Crippen molar-refractivity contribution in [2.45, 2.75) is 45.2 Å². The van der Waals surface area contributed by atoms with Crippen LogP contribution < -0.4 is 5.32 Å².